The van der Waals surface area contributed by atoms with Gasteiger partial charge in [-0.15, -0.1) is 0 Å². The topological polar surface area (TPSA) is 8.82 Å². The predicted octanol–water partition coefficient (Wildman–Crippen LogP) is 13.0. The molecule has 0 saturated heterocycles. The van der Waals surface area contributed by atoms with Crippen molar-refractivity contribution in [3.05, 3.63) is 158 Å². The molecule has 13 rings (SSSR count). The quantitative estimate of drug-likeness (QED) is 0.158. The second-order valence-electron chi connectivity index (χ2n) is 14.0. The summed E-state index contributed by atoms with van der Waals surface area (Å²) >= 11 is 0. The van der Waals surface area contributed by atoms with Crippen LogP contribution in [0.15, 0.2) is 158 Å². The van der Waals surface area contributed by atoms with Gasteiger partial charge in [0.25, 0.3) is 0 Å². The third-order valence-corrected chi connectivity index (χ3v) is 11.7. The average Bonchev–Trinajstić information content (AvgIpc) is 3.90. The van der Waals surface area contributed by atoms with Crippen molar-refractivity contribution in [1.82, 2.24) is 8.80 Å². The molecule has 0 fully saturated rings. The first kappa shape index (κ1) is 25.4. The SMILES string of the molecule is c1ccc2c(c1)-c1ccccc1-c1cc3c4cc5c(c6cccc7c8ccccc8n5c76)c5c6ccccc6n(c3cc1-c1ccccc1-2)c45. The van der Waals surface area contributed by atoms with E-state index >= 15 is 0 Å². The van der Waals surface area contributed by atoms with Crippen LogP contribution in [0.5, 0.6) is 0 Å². The van der Waals surface area contributed by atoms with Crippen molar-refractivity contribution < 1.29 is 0 Å². The lowest BCUT2D eigenvalue weighted by atomic mass is 9.80. The van der Waals surface area contributed by atoms with Gasteiger partial charge in [0.2, 0.25) is 0 Å². The van der Waals surface area contributed by atoms with E-state index in [2.05, 4.69) is 167 Å². The van der Waals surface area contributed by atoms with Gasteiger partial charge in [0.15, 0.2) is 0 Å². The highest BCUT2D eigenvalue weighted by atomic mass is 14.9. The van der Waals surface area contributed by atoms with Gasteiger partial charge in [-0.2, -0.15) is 0 Å². The van der Waals surface area contributed by atoms with Crippen LogP contribution in [0, 0.1) is 0 Å². The van der Waals surface area contributed by atoms with Crippen molar-refractivity contribution in [2.24, 2.45) is 0 Å². The van der Waals surface area contributed by atoms with Gasteiger partial charge in [-0.25, -0.2) is 0 Å². The van der Waals surface area contributed by atoms with Gasteiger partial charge in [-0.05, 0) is 74.8 Å². The lowest BCUT2D eigenvalue weighted by molar-refractivity contribution is 1.36. The van der Waals surface area contributed by atoms with Crippen LogP contribution in [0.1, 0.15) is 0 Å². The Morgan fingerprint density at radius 2 is 0.720 bits per heavy atom. The van der Waals surface area contributed by atoms with Crippen LogP contribution < -0.4 is 0 Å². The highest BCUT2D eigenvalue weighted by Gasteiger charge is 2.28. The minimum atomic E-state index is 1.26. The average molecular weight is 631 g/mol. The molecule has 4 aromatic heterocycles. The number of nitrogens with zero attached hydrogens (tertiary/aromatic N) is 2. The van der Waals surface area contributed by atoms with Crippen LogP contribution >= 0.6 is 0 Å². The molecule has 228 valence electrons. The minimum absolute atomic E-state index is 1.26. The van der Waals surface area contributed by atoms with Gasteiger partial charge in [0, 0.05) is 43.1 Å². The van der Waals surface area contributed by atoms with Crippen molar-refractivity contribution >= 4 is 76.2 Å². The largest absolute Gasteiger partial charge is 0.308 e. The maximum Gasteiger partial charge on any atom is 0.0628 e. The van der Waals surface area contributed by atoms with E-state index < -0.39 is 0 Å². The monoisotopic (exact) mass is 630 g/mol. The fraction of sp³-hybridized carbons (Fsp3) is 0. The van der Waals surface area contributed by atoms with Gasteiger partial charge in [-0.1, -0.05) is 127 Å². The van der Waals surface area contributed by atoms with Crippen molar-refractivity contribution in [2.45, 2.75) is 0 Å². The molecule has 0 saturated carbocycles. The van der Waals surface area contributed by atoms with Crippen molar-refractivity contribution in [1.29, 1.82) is 0 Å². The number of hydrogen-bond acceptors (Lipinski definition) is 0. The van der Waals surface area contributed by atoms with Crippen LogP contribution in [0.25, 0.3) is 121 Å². The maximum absolute atomic E-state index is 2.56. The van der Waals surface area contributed by atoms with E-state index in [4.69, 9.17) is 0 Å². The lowest BCUT2D eigenvalue weighted by Crippen LogP contribution is -1.97. The Morgan fingerprint density at radius 3 is 1.38 bits per heavy atom. The Balaban J connectivity index is 1.29. The molecule has 0 N–H and O–H groups in total. The van der Waals surface area contributed by atoms with E-state index in [1.54, 1.807) is 0 Å². The first-order chi connectivity index (χ1) is 24.8. The Bertz CT molecular complexity index is 3430. The third-order valence-electron chi connectivity index (χ3n) is 11.7. The Kier molecular flexibility index (Phi) is 4.41. The zero-order valence-electron chi connectivity index (χ0n) is 26.9. The Morgan fingerprint density at radius 1 is 0.240 bits per heavy atom. The van der Waals surface area contributed by atoms with Crippen LogP contribution in [0.3, 0.4) is 0 Å². The molecule has 2 nitrogen and oxygen atoms in total. The highest BCUT2D eigenvalue weighted by molar-refractivity contribution is 6.38. The number of benzene rings is 8. The summed E-state index contributed by atoms with van der Waals surface area (Å²) in [6, 6.07) is 59.1. The second kappa shape index (κ2) is 8.68. The van der Waals surface area contributed by atoms with Crippen molar-refractivity contribution in [3.8, 4) is 44.5 Å². The molecule has 12 aromatic rings. The molecule has 0 radical (unpaired) electrons. The van der Waals surface area contributed by atoms with E-state index in [0.717, 1.165) is 0 Å². The standard InChI is InChI=1S/C48H26N2/c1-2-13-28-27(12-1)29-14-3-5-16-31(29)37-24-39-40-26-44-45(36-21-11-20-34-33-18-7-9-22-41(33)50(44)47(34)36)46-35-19-8-10-23-42(35)49(48(40)46)43(39)25-38(37)32-17-6-4-15-30(28)32/h1-26H. The fourth-order valence-electron chi connectivity index (χ4n) is 9.82. The molecule has 0 amide bonds. The smallest absolute Gasteiger partial charge is 0.0628 e. The third kappa shape index (κ3) is 2.83. The Hall–Kier alpha value is -6.64. The molecule has 50 heavy (non-hydrogen) atoms. The van der Waals surface area contributed by atoms with E-state index in [0.29, 0.717) is 0 Å². The normalized spacial score (nSPS) is 12.8. The number of para-hydroxylation sites is 3. The van der Waals surface area contributed by atoms with Gasteiger partial charge >= 0.3 is 0 Å². The van der Waals surface area contributed by atoms with Gasteiger partial charge in [-0.3, -0.25) is 0 Å². The van der Waals surface area contributed by atoms with Gasteiger partial charge in [0.05, 0.1) is 33.1 Å². The van der Waals surface area contributed by atoms with Gasteiger partial charge in [0.1, 0.15) is 0 Å². The van der Waals surface area contributed by atoms with Crippen molar-refractivity contribution in [2.75, 3.05) is 0 Å². The summed E-state index contributed by atoms with van der Waals surface area (Å²) in [6.45, 7) is 0. The van der Waals surface area contributed by atoms with Gasteiger partial charge < -0.3 is 8.80 Å². The molecule has 0 unspecified atom stereocenters. The zero-order valence-corrected chi connectivity index (χ0v) is 26.9. The van der Waals surface area contributed by atoms with Crippen LogP contribution in [0.2, 0.25) is 0 Å². The summed E-state index contributed by atoms with van der Waals surface area (Å²) in [5, 5.41) is 10.6. The summed E-state index contributed by atoms with van der Waals surface area (Å²) in [7, 11) is 0. The Labute approximate surface area is 286 Å². The molecule has 1 aliphatic rings. The summed E-state index contributed by atoms with van der Waals surface area (Å²) < 4.78 is 5.09. The molecule has 4 heterocycles. The molecule has 0 aliphatic heterocycles. The summed E-state index contributed by atoms with van der Waals surface area (Å²) in [6.07, 6.45) is 0. The molecule has 8 aromatic carbocycles. The number of fused-ring (bicyclic) bond motifs is 21. The second-order valence-corrected chi connectivity index (χ2v) is 14.0. The summed E-state index contributed by atoms with van der Waals surface area (Å²) in [4.78, 5) is 0. The zero-order chi connectivity index (χ0) is 32.2. The van der Waals surface area contributed by atoms with Crippen LogP contribution in [-0.2, 0) is 0 Å². The molecule has 0 spiro atoms. The lowest BCUT2D eigenvalue weighted by Gasteiger charge is -2.23. The number of aromatic nitrogens is 2. The minimum Gasteiger partial charge on any atom is -0.308 e. The molecule has 2 heteroatoms. The highest BCUT2D eigenvalue weighted by Crippen LogP contribution is 2.52. The first-order valence-corrected chi connectivity index (χ1v) is 17.5. The van der Waals surface area contributed by atoms with Crippen LogP contribution in [0.4, 0.5) is 0 Å². The summed E-state index contributed by atoms with van der Waals surface area (Å²) in [5.74, 6) is 0. The number of rotatable bonds is 0. The van der Waals surface area contributed by atoms with E-state index in [9.17, 15) is 0 Å². The van der Waals surface area contributed by atoms with Crippen molar-refractivity contribution in [3.63, 3.8) is 0 Å². The molecular formula is C48H26N2. The fourth-order valence-corrected chi connectivity index (χ4v) is 9.82. The predicted molar refractivity (Wildman–Crippen MR) is 211 cm³/mol. The maximum atomic E-state index is 2.56. The van der Waals surface area contributed by atoms with E-state index in [-0.39, 0.29) is 0 Å². The number of hydrogen-bond donors (Lipinski definition) is 0. The molecular weight excluding hydrogens is 605 g/mol. The molecule has 0 atom stereocenters. The summed E-state index contributed by atoms with van der Waals surface area (Å²) in [5.41, 5.74) is 17.9. The van der Waals surface area contributed by atoms with E-state index in [1.807, 2.05) is 0 Å². The molecule has 1 aliphatic carbocycles. The van der Waals surface area contributed by atoms with E-state index in [1.165, 1.54) is 121 Å². The van der Waals surface area contributed by atoms with Crippen LogP contribution in [-0.4, -0.2) is 8.80 Å². The molecule has 0 bridgehead atoms. The first-order valence-electron chi connectivity index (χ1n) is 17.5.